The molecule has 11 aliphatic carbocycles. The van der Waals surface area contributed by atoms with Gasteiger partial charge >= 0.3 is 29.8 Å². The van der Waals surface area contributed by atoms with Crippen LogP contribution in [-0.4, -0.2) is 114 Å². The third-order valence-electron chi connectivity index (χ3n) is 18.6. The van der Waals surface area contributed by atoms with Crippen molar-refractivity contribution >= 4 is 41.7 Å². The van der Waals surface area contributed by atoms with E-state index in [2.05, 4.69) is 53.7 Å². The Bertz CT molecular complexity index is 2390. The Hall–Kier alpha value is -4.93. The van der Waals surface area contributed by atoms with Crippen LogP contribution >= 0.6 is 0 Å². The maximum atomic E-state index is 11.8. The summed E-state index contributed by atoms with van der Waals surface area (Å²) in [5.74, 6) is -1.29. The zero-order valence-corrected chi connectivity index (χ0v) is 47.7. The van der Waals surface area contributed by atoms with Gasteiger partial charge in [0, 0.05) is 60.5 Å². The van der Waals surface area contributed by atoms with Gasteiger partial charge in [0.2, 0.25) is 5.91 Å². The Kier molecular flexibility index (Phi) is 17.5. The number of hydrogen-bond donors (Lipinski definition) is 3. The lowest BCUT2D eigenvalue weighted by Gasteiger charge is -2.67. The molecule has 2 saturated heterocycles. The lowest BCUT2D eigenvalue weighted by Crippen LogP contribution is -2.66. The molecule has 2 amide bonds. The number of esters is 5. The smallest absolute Gasteiger partial charge is 0.333 e. The van der Waals surface area contributed by atoms with Crippen LogP contribution in [0.4, 0.5) is 0 Å². The molecule has 78 heavy (non-hydrogen) atoms. The van der Waals surface area contributed by atoms with E-state index in [0.29, 0.717) is 60.8 Å². The number of imide groups is 1. The van der Waals surface area contributed by atoms with Gasteiger partial charge in [0.05, 0.1) is 34.7 Å². The standard InChI is InChI=1S/C15H22O3.C14H20O4.C12H20O2.C11H14O4.C10H13NO2/c1-4-11(16)18-15-8-12(2)5-13(3,9-15)7-14(17,6-12)10-15;1-9(2)11(15)18-14-5-10-3-12(16,7-14)6-13(17,4-10)8-14;1-4-12(8-6-5-7-9-12)14-11(13)10(2)3;1-6(2)10(12)14-8-4-3-7-5-9(8)15-11(7)13;1-6(2)9(12)11-8-5-3-4-7(8)10(11)13/h4,17H,1,5-10H2,2-3H3;10,16-17H,1,3-8H2,2H3;2,4-9H2,1,3H3;7-9H,1,3-5H2,2H3;7-8H,1,3-5H2,2H3. The number of likely N-dealkylation sites (tertiary alicyclic amines) is 1. The number of aliphatic hydroxyl groups is 3. The number of ether oxygens (including phenoxy) is 5. The number of carbonyl (C=O) groups is 7. The minimum atomic E-state index is -0.858. The summed E-state index contributed by atoms with van der Waals surface area (Å²) in [5, 5.41) is 31.8. The molecule has 16 nitrogen and oxygen atoms in total. The van der Waals surface area contributed by atoms with Crippen LogP contribution in [0.5, 0.6) is 0 Å². The van der Waals surface area contributed by atoms with Gasteiger partial charge in [-0.3, -0.25) is 19.3 Å². The quantitative estimate of drug-likeness (QED) is 0.0801. The van der Waals surface area contributed by atoms with Gasteiger partial charge in [-0.1, -0.05) is 66.5 Å². The fraction of sp³-hybridized carbons (Fsp3) is 0.726. The molecule has 0 aromatic carbocycles. The maximum Gasteiger partial charge on any atom is 0.333 e. The van der Waals surface area contributed by atoms with E-state index in [4.69, 9.17) is 23.7 Å². The molecule has 13 rings (SSSR count). The van der Waals surface area contributed by atoms with Crippen molar-refractivity contribution in [3.8, 4) is 0 Å². The Morgan fingerprint density at radius 1 is 0.641 bits per heavy atom. The highest BCUT2D eigenvalue weighted by Crippen LogP contribution is 2.68. The Morgan fingerprint density at radius 3 is 1.72 bits per heavy atom. The third kappa shape index (κ3) is 13.4. The SMILES string of the molecule is C=C(C)C(=O)N1C(=O)C2CCCC21.C=C(C)C(=O)OC1(CC)CCCCC1.C=C(C)C(=O)OC12CC3CC(O)(CC(O)(C3)C1)C2.C=C(C)C(=O)OC1CCC2CC1OC2=O.C=CC(=O)OC12CC3(C)CC(C)(CC(O)(C3)C1)C2. The highest BCUT2D eigenvalue weighted by molar-refractivity contribution is 6.08. The molecule has 13 fully saturated rings. The highest BCUT2D eigenvalue weighted by atomic mass is 16.6. The fourth-order valence-electron chi connectivity index (χ4n) is 16.9. The second-order valence-electron chi connectivity index (χ2n) is 26.9. The first-order valence-electron chi connectivity index (χ1n) is 28.6. The number of rotatable bonds is 10. The molecule has 13 aliphatic rings. The lowest BCUT2D eigenvalue weighted by molar-refractivity contribution is -0.260. The van der Waals surface area contributed by atoms with Gasteiger partial charge < -0.3 is 39.0 Å². The van der Waals surface area contributed by atoms with E-state index in [1.165, 1.54) is 30.2 Å². The van der Waals surface area contributed by atoms with E-state index in [0.717, 1.165) is 96.3 Å². The first-order valence-corrected chi connectivity index (χ1v) is 28.6. The number of nitrogens with zero attached hydrogens (tertiary/aromatic N) is 1. The van der Waals surface area contributed by atoms with Crippen LogP contribution < -0.4 is 0 Å². The van der Waals surface area contributed by atoms with Crippen molar-refractivity contribution < 1.29 is 72.6 Å². The van der Waals surface area contributed by atoms with Crippen molar-refractivity contribution in [2.24, 2.45) is 28.6 Å². The number of hydrogen-bond acceptors (Lipinski definition) is 15. The highest BCUT2D eigenvalue weighted by Gasteiger charge is 2.67. The molecule has 11 saturated carbocycles. The average molecular weight is 1090 g/mol. The number of carbonyl (C=O) groups excluding carboxylic acids is 7. The molecule has 0 aromatic heterocycles. The Morgan fingerprint density at radius 2 is 1.21 bits per heavy atom. The van der Waals surface area contributed by atoms with Gasteiger partial charge in [0.15, 0.2) is 0 Å². The number of amides is 2. The molecule has 432 valence electrons. The van der Waals surface area contributed by atoms with Crippen LogP contribution in [0.25, 0.3) is 0 Å². The Labute approximate surface area is 461 Å². The first-order chi connectivity index (χ1) is 36.2. The molecule has 0 radical (unpaired) electrons. The van der Waals surface area contributed by atoms with Crippen molar-refractivity contribution in [2.75, 3.05) is 0 Å². The molecular formula is C62H89NO15. The van der Waals surface area contributed by atoms with Gasteiger partial charge in [-0.2, -0.15) is 0 Å². The summed E-state index contributed by atoms with van der Waals surface area (Å²) in [4.78, 5) is 81.7. The molecule has 2 heterocycles. The lowest BCUT2D eigenvalue weighted by atomic mass is 9.42. The molecule has 3 N–H and O–H groups in total. The molecule has 9 unspecified atom stereocenters. The first kappa shape index (κ1) is 60.7. The minimum absolute atomic E-state index is 0.00972. The van der Waals surface area contributed by atoms with Gasteiger partial charge in [0.25, 0.3) is 5.91 Å². The largest absolute Gasteiger partial charge is 0.458 e. The van der Waals surface area contributed by atoms with E-state index in [9.17, 15) is 48.9 Å². The van der Waals surface area contributed by atoms with E-state index in [1.54, 1.807) is 27.7 Å². The van der Waals surface area contributed by atoms with Gasteiger partial charge in [-0.25, -0.2) is 19.2 Å². The maximum absolute atomic E-state index is 11.8. The predicted molar refractivity (Wildman–Crippen MR) is 289 cm³/mol. The van der Waals surface area contributed by atoms with Crippen molar-refractivity contribution in [3.05, 3.63) is 61.3 Å². The van der Waals surface area contributed by atoms with Gasteiger partial charge in [0.1, 0.15) is 29.0 Å². The normalized spacial score (nSPS) is 38.9. The van der Waals surface area contributed by atoms with Crippen molar-refractivity contribution in [2.45, 2.75) is 254 Å². The number of β-lactam (4-membered cyclic amide) rings is 1. The van der Waals surface area contributed by atoms with Gasteiger partial charge in [-0.15, -0.1) is 0 Å². The molecule has 9 atom stereocenters. The summed E-state index contributed by atoms with van der Waals surface area (Å²) in [6, 6.07) is 0.191. The van der Waals surface area contributed by atoms with Crippen LogP contribution in [-0.2, 0) is 57.2 Å². The van der Waals surface area contributed by atoms with E-state index >= 15 is 0 Å². The number of fused-ring (bicyclic) bond motifs is 3. The van der Waals surface area contributed by atoms with Crippen molar-refractivity contribution in [1.82, 2.24) is 4.90 Å². The minimum Gasteiger partial charge on any atom is -0.458 e. The predicted octanol–water partition coefficient (Wildman–Crippen LogP) is 9.40. The second kappa shape index (κ2) is 22.5. The zero-order valence-electron chi connectivity index (χ0n) is 47.7. The van der Waals surface area contributed by atoms with Crippen LogP contribution in [0.1, 0.15) is 203 Å². The molecule has 10 bridgehead atoms. The summed E-state index contributed by atoms with van der Waals surface area (Å²) in [6.07, 6.45) is 21.2. The van der Waals surface area contributed by atoms with Crippen LogP contribution in [0, 0.1) is 28.6 Å². The van der Waals surface area contributed by atoms with Crippen molar-refractivity contribution in [1.29, 1.82) is 0 Å². The fourth-order valence-corrected chi connectivity index (χ4v) is 16.9. The molecule has 0 aromatic rings. The topological polar surface area (TPSA) is 230 Å². The molecule has 0 spiro atoms. The summed E-state index contributed by atoms with van der Waals surface area (Å²) in [7, 11) is 0. The van der Waals surface area contributed by atoms with Crippen LogP contribution in [0.15, 0.2) is 61.3 Å². The summed E-state index contributed by atoms with van der Waals surface area (Å²) in [5.41, 5.74) is -1.76. The van der Waals surface area contributed by atoms with Crippen LogP contribution in [0.3, 0.4) is 0 Å². The zero-order chi connectivity index (χ0) is 57.6. The van der Waals surface area contributed by atoms with Crippen LogP contribution in [0.2, 0.25) is 0 Å². The summed E-state index contributed by atoms with van der Waals surface area (Å²) in [6.45, 7) is 30.9. The van der Waals surface area contributed by atoms with E-state index < -0.39 is 39.9 Å². The summed E-state index contributed by atoms with van der Waals surface area (Å²) >= 11 is 0. The Balaban J connectivity index is 0.000000142. The van der Waals surface area contributed by atoms with Crippen molar-refractivity contribution in [3.63, 3.8) is 0 Å². The second-order valence-corrected chi connectivity index (χ2v) is 26.9. The molecular weight excluding hydrogens is 999 g/mol. The van der Waals surface area contributed by atoms with E-state index in [-0.39, 0.29) is 82.2 Å². The monoisotopic (exact) mass is 1090 g/mol. The third-order valence-corrected chi connectivity index (χ3v) is 18.6. The van der Waals surface area contributed by atoms with E-state index in [1.807, 2.05) is 0 Å². The average Bonchev–Trinajstić information content (AvgIpc) is 3.98. The molecule has 16 heteroatoms. The van der Waals surface area contributed by atoms with Gasteiger partial charge in [-0.05, 0) is 154 Å². The molecule has 2 aliphatic heterocycles. The summed E-state index contributed by atoms with van der Waals surface area (Å²) < 4.78 is 27.2.